The van der Waals surface area contributed by atoms with Gasteiger partial charge in [0, 0.05) is 40.7 Å². The molecule has 2 heterocycles. The predicted molar refractivity (Wildman–Crippen MR) is 104 cm³/mol. The van der Waals surface area contributed by atoms with Gasteiger partial charge in [-0.05, 0) is 46.6 Å². The van der Waals surface area contributed by atoms with Crippen LogP contribution in [0.3, 0.4) is 0 Å². The van der Waals surface area contributed by atoms with Crippen LogP contribution < -0.4 is 10.6 Å². The van der Waals surface area contributed by atoms with Gasteiger partial charge in [0.25, 0.3) is 0 Å². The number of nitrogens with zero attached hydrogens (tertiary/aromatic N) is 3. The van der Waals surface area contributed by atoms with E-state index in [1.54, 1.807) is 18.7 Å². The first kappa shape index (κ1) is 18.1. The van der Waals surface area contributed by atoms with E-state index in [1.165, 1.54) is 0 Å². The highest BCUT2D eigenvalue weighted by molar-refractivity contribution is 9.10. The quantitative estimate of drug-likeness (QED) is 0.761. The topological polar surface area (TPSA) is 88.5 Å². The first-order chi connectivity index (χ1) is 11.9. The van der Waals surface area contributed by atoms with Gasteiger partial charge in [0.2, 0.25) is 5.95 Å². The van der Waals surface area contributed by atoms with Crippen molar-refractivity contribution in [2.24, 2.45) is 4.36 Å². The van der Waals surface area contributed by atoms with E-state index in [0.717, 1.165) is 29.0 Å². The van der Waals surface area contributed by atoms with Crippen LogP contribution in [0.4, 0.5) is 23.1 Å². The van der Waals surface area contributed by atoms with E-state index in [9.17, 15) is 4.21 Å². The average molecular weight is 426 g/mol. The van der Waals surface area contributed by atoms with E-state index >= 15 is 0 Å². The summed E-state index contributed by atoms with van der Waals surface area (Å²) in [5.41, 5.74) is 1.51. The van der Waals surface area contributed by atoms with E-state index in [0.29, 0.717) is 18.2 Å². The molecule has 0 spiro atoms. The number of hydrogen-bond donors (Lipinski definition) is 2. The Bertz CT molecular complexity index is 851. The third-order valence-corrected chi connectivity index (χ3v) is 4.69. The normalized spacial score (nSPS) is 17.3. The molecule has 25 heavy (non-hydrogen) atoms. The summed E-state index contributed by atoms with van der Waals surface area (Å²) >= 11 is 3.46. The number of halogens is 1. The van der Waals surface area contributed by atoms with E-state index in [4.69, 9.17) is 4.74 Å². The minimum Gasteiger partial charge on any atom is -0.379 e. The van der Waals surface area contributed by atoms with Crippen molar-refractivity contribution >= 4 is 48.8 Å². The van der Waals surface area contributed by atoms with Gasteiger partial charge in [-0.3, -0.25) is 0 Å². The standard InChI is InChI=1S/C16H20BrN5O2S/c1-25(2,23)22-12-5-3-11(4-6-12)20-16-18-9-14(17)15(21-16)19-13-7-8-24-10-13/h3-6,9,13H,7-8,10H2,1-2H3,(H2,18,19,20,21)/t13-/m1/s1. The van der Waals surface area contributed by atoms with Crippen molar-refractivity contribution in [1.82, 2.24) is 9.97 Å². The Morgan fingerprint density at radius 2 is 2.08 bits per heavy atom. The average Bonchev–Trinajstić information content (AvgIpc) is 3.04. The molecular weight excluding hydrogens is 406 g/mol. The molecule has 3 rings (SSSR count). The van der Waals surface area contributed by atoms with E-state index < -0.39 is 9.73 Å². The van der Waals surface area contributed by atoms with Crippen LogP contribution in [-0.4, -0.2) is 45.9 Å². The molecule has 1 aromatic heterocycles. The second-order valence-corrected chi connectivity index (χ2v) is 9.44. The van der Waals surface area contributed by atoms with Gasteiger partial charge in [0.15, 0.2) is 0 Å². The molecule has 134 valence electrons. The third kappa shape index (κ3) is 5.38. The molecule has 1 saturated heterocycles. The maximum absolute atomic E-state index is 11.7. The summed E-state index contributed by atoms with van der Waals surface area (Å²) in [6.07, 6.45) is 5.89. The maximum Gasteiger partial charge on any atom is 0.229 e. The van der Waals surface area contributed by atoms with Gasteiger partial charge in [0.1, 0.15) is 5.82 Å². The molecule has 0 bridgehead atoms. The van der Waals surface area contributed by atoms with Crippen LogP contribution in [0.5, 0.6) is 0 Å². The molecule has 2 aromatic rings. The van der Waals surface area contributed by atoms with Gasteiger partial charge in [0.05, 0.1) is 22.8 Å². The van der Waals surface area contributed by atoms with Gasteiger partial charge in [-0.15, -0.1) is 0 Å². The molecule has 0 radical (unpaired) electrons. The highest BCUT2D eigenvalue weighted by Crippen LogP contribution is 2.25. The molecule has 1 aliphatic heterocycles. The Kier molecular flexibility index (Phi) is 5.55. The Morgan fingerprint density at radius 1 is 1.32 bits per heavy atom. The minimum atomic E-state index is -2.16. The maximum atomic E-state index is 11.7. The zero-order valence-electron chi connectivity index (χ0n) is 14.0. The number of rotatable bonds is 5. The van der Waals surface area contributed by atoms with Crippen LogP contribution in [0.25, 0.3) is 0 Å². The second-order valence-electron chi connectivity index (χ2n) is 6.04. The number of hydrogen-bond acceptors (Lipinski definition) is 7. The Hall–Kier alpha value is -1.71. The van der Waals surface area contributed by atoms with Crippen LogP contribution in [0.2, 0.25) is 0 Å². The summed E-state index contributed by atoms with van der Waals surface area (Å²) in [6, 6.07) is 7.59. The number of benzene rings is 1. The first-order valence-electron chi connectivity index (χ1n) is 7.80. The van der Waals surface area contributed by atoms with Crippen molar-refractivity contribution in [1.29, 1.82) is 0 Å². The number of anilines is 3. The van der Waals surface area contributed by atoms with Gasteiger partial charge in [-0.2, -0.15) is 9.35 Å². The molecule has 0 amide bonds. The zero-order chi connectivity index (χ0) is 17.9. The monoisotopic (exact) mass is 425 g/mol. The minimum absolute atomic E-state index is 0.262. The largest absolute Gasteiger partial charge is 0.379 e. The lowest BCUT2D eigenvalue weighted by Crippen LogP contribution is -2.20. The van der Waals surface area contributed by atoms with Crippen molar-refractivity contribution < 1.29 is 8.95 Å². The molecule has 2 N–H and O–H groups in total. The summed E-state index contributed by atoms with van der Waals surface area (Å²) in [6.45, 7) is 1.45. The highest BCUT2D eigenvalue weighted by atomic mass is 79.9. The fraction of sp³-hybridized carbons (Fsp3) is 0.375. The summed E-state index contributed by atoms with van der Waals surface area (Å²) in [5.74, 6) is 1.22. The fourth-order valence-corrected chi connectivity index (χ4v) is 3.29. The molecule has 0 saturated carbocycles. The SMILES string of the molecule is CS(C)(=O)=Nc1ccc(Nc2ncc(Br)c(N[C@@H]3CCOC3)n2)cc1. The van der Waals surface area contributed by atoms with Gasteiger partial charge < -0.3 is 15.4 Å². The van der Waals surface area contributed by atoms with Crippen molar-refractivity contribution in [2.45, 2.75) is 12.5 Å². The Labute approximate surface area is 155 Å². The third-order valence-electron chi connectivity index (χ3n) is 3.46. The van der Waals surface area contributed by atoms with Crippen LogP contribution >= 0.6 is 15.9 Å². The molecule has 7 nitrogen and oxygen atoms in total. The smallest absolute Gasteiger partial charge is 0.229 e. The summed E-state index contributed by atoms with van der Waals surface area (Å²) in [4.78, 5) is 8.79. The van der Waals surface area contributed by atoms with Crippen LogP contribution in [-0.2, 0) is 14.5 Å². The van der Waals surface area contributed by atoms with Crippen molar-refractivity contribution in [3.05, 3.63) is 34.9 Å². The molecule has 1 atom stereocenters. The van der Waals surface area contributed by atoms with Gasteiger partial charge in [-0.25, -0.2) is 9.19 Å². The molecular formula is C16H20BrN5O2S. The summed E-state index contributed by atoms with van der Waals surface area (Å²) < 4.78 is 22.1. The predicted octanol–water partition coefficient (Wildman–Crippen LogP) is 3.54. The lowest BCUT2D eigenvalue weighted by atomic mass is 10.2. The number of ether oxygens (including phenoxy) is 1. The lowest BCUT2D eigenvalue weighted by molar-refractivity contribution is 0.195. The van der Waals surface area contributed by atoms with Crippen LogP contribution in [0.15, 0.2) is 39.3 Å². The second kappa shape index (κ2) is 7.67. The molecule has 1 aromatic carbocycles. The fourth-order valence-electron chi connectivity index (χ4n) is 2.36. The Balaban J connectivity index is 1.73. The first-order valence-corrected chi connectivity index (χ1v) is 10.9. The summed E-state index contributed by atoms with van der Waals surface area (Å²) in [5, 5.41) is 6.52. The van der Waals surface area contributed by atoms with Gasteiger partial charge >= 0.3 is 0 Å². The van der Waals surface area contributed by atoms with E-state index in [-0.39, 0.29) is 6.04 Å². The molecule has 1 aliphatic rings. The number of aromatic nitrogens is 2. The Morgan fingerprint density at radius 3 is 2.72 bits per heavy atom. The van der Waals surface area contributed by atoms with Crippen molar-refractivity contribution in [3.63, 3.8) is 0 Å². The molecule has 0 unspecified atom stereocenters. The summed E-state index contributed by atoms with van der Waals surface area (Å²) in [7, 11) is -2.16. The van der Waals surface area contributed by atoms with Crippen LogP contribution in [0, 0.1) is 0 Å². The molecule has 9 heteroatoms. The van der Waals surface area contributed by atoms with Gasteiger partial charge in [-0.1, -0.05) is 0 Å². The van der Waals surface area contributed by atoms with E-state index in [2.05, 4.69) is 40.9 Å². The lowest BCUT2D eigenvalue weighted by Gasteiger charge is -2.14. The molecule has 0 aliphatic carbocycles. The highest BCUT2D eigenvalue weighted by Gasteiger charge is 2.17. The zero-order valence-corrected chi connectivity index (χ0v) is 16.4. The molecule has 1 fully saturated rings. The van der Waals surface area contributed by atoms with Crippen LogP contribution in [0.1, 0.15) is 6.42 Å². The van der Waals surface area contributed by atoms with E-state index in [1.807, 2.05) is 24.3 Å². The van der Waals surface area contributed by atoms with Crippen molar-refractivity contribution in [3.8, 4) is 0 Å². The van der Waals surface area contributed by atoms with Crippen molar-refractivity contribution in [2.75, 3.05) is 36.4 Å². The number of nitrogens with one attached hydrogen (secondary N) is 2.